The van der Waals surface area contributed by atoms with Crippen LogP contribution in [0.4, 0.5) is 0 Å². The molecule has 136 valence electrons. The highest BCUT2D eigenvalue weighted by Crippen LogP contribution is 2.24. The zero-order valence-electron chi connectivity index (χ0n) is 15.2. The molecule has 0 aromatic carbocycles. The molecule has 2 amide bonds. The Labute approximate surface area is 146 Å². The summed E-state index contributed by atoms with van der Waals surface area (Å²) in [6.07, 6.45) is 8.95. The number of nitrogens with zero attached hydrogens (tertiary/aromatic N) is 3. The van der Waals surface area contributed by atoms with Crippen LogP contribution in [0.15, 0.2) is 0 Å². The lowest BCUT2D eigenvalue weighted by Crippen LogP contribution is -2.50. The summed E-state index contributed by atoms with van der Waals surface area (Å²) < 4.78 is 0. The molecule has 0 aliphatic carbocycles. The van der Waals surface area contributed by atoms with Gasteiger partial charge in [0.25, 0.3) is 0 Å². The van der Waals surface area contributed by atoms with E-state index < -0.39 is 0 Å². The monoisotopic (exact) mass is 335 g/mol. The first-order valence-corrected chi connectivity index (χ1v) is 9.98. The van der Waals surface area contributed by atoms with Gasteiger partial charge in [-0.25, -0.2) is 0 Å². The number of likely N-dealkylation sites (tertiary alicyclic amines) is 3. The molecule has 0 bridgehead atoms. The van der Waals surface area contributed by atoms with E-state index in [4.69, 9.17) is 0 Å². The molecule has 1 unspecified atom stereocenters. The van der Waals surface area contributed by atoms with Crippen molar-refractivity contribution in [3.8, 4) is 0 Å². The topological polar surface area (TPSA) is 43.9 Å². The molecule has 0 saturated carbocycles. The second-order valence-corrected chi connectivity index (χ2v) is 7.76. The van der Waals surface area contributed by atoms with Crippen molar-refractivity contribution in [2.45, 2.75) is 64.3 Å². The van der Waals surface area contributed by atoms with Gasteiger partial charge in [0.15, 0.2) is 0 Å². The number of amides is 2. The first-order chi connectivity index (χ1) is 11.7. The first kappa shape index (κ1) is 17.7. The Kier molecular flexibility index (Phi) is 6.14. The fourth-order valence-corrected chi connectivity index (χ4v) is 4.44. The molecule has 5 heteroatoms. The SMILES string of the molecule is CC(C(=O)N1CCCC1)N1CCC(C(=O)N2CCCCCC2)CC1. The molecule has 3 aliphatic heterocycles. The summed E-state index contributed by atoms with van der Waals surface area (Å²) in [5.41, 5.74) is 0. The molecule has 0 aromatic heterocycles. The molecule has 5 nitrogen and oxygen atoms in total. The summed E-state index contributed by atoms with van der Waals surface area (Å²) in [5.74, 6) is 0.827. The van der Waals surface area contributed by atoms with Crippen molar-refractivity contribution in [3.63, 3.8) is 0 Å². The van der Waals surface area contributed by atoms with Crippen molar-refractivity contribution < 1.29 is 9.59 Å². The lowest BCUT2D eigenvalue weighted by molar-refractivity contribution is -0.139. The molecule has 3 fully saturated rings. The van der Waals surface area contributed by atoms with E-state index in [0.717, 1.165) is 77.8 Å². The van der Waals surface area contributed by atoms with Crippen LogP contribution in [0.1, 0.15) is 58.3 Å². The second-order valence-electron chi connectivity index (χ2n) is 7.76. The van der Waals surface area contributed by atoms with Gasteiger partial charge in [0.05, 0.1) is 6.04 Å². The fraction of sp³-hybridized carbons (Fsp3) is 0.895. The predicted octanol–water partition coefficient (Wildman–Crippen LogP) is 2.11. The van der Waals surface area contributed by atoms with Gasteiger partial charge in [-0.1, -0.05) is 12.8 Å². The van der Waals surface area contributed by atoms with Gasteiger partial charge in [-0.3, -0.25) is 14.5 Å². The van der Waals surface area contributed by atoms with E-state index in [1.165, 1.54) is 12.8 Å². The minimum absolute atomic E-state index is 0.0302. The fourth-order valence-electron chi connectivity index (χ4n) is 4.44. The predicted molar refractivity (Wildman–Crippen MR) is 94.6 cm³/mol. The average Bonchev–Trinajstić information content (AvgIpc) is 3.02. The van der Waals surface area contributed by atoms with Crippen LogP contribution in [0.3, 0.4) is 0 Å². The first-order valence-electron chi connectivity index (χ1n) is 9.98. The van der Waals surface area contributed by atoms with Crippen LogP contribution in [0.5, 0.6) is 0 Å². The highest BCUT2D eigenvalue weighted by Gasteiger charge is 2.33. The van der Waals surface area contributed by atoms with Crippen LogP contribution in [-0.4, -0.2) is 71.8 Å². The lowest BCUT2D eigenvalue weighted by atomic mass is 9.94. The maximum atomic E-state index is 12.8. The second kappa shape index (κ2) is 8.32. The van der Waals surface area contributed by atoms with Crippen LogP contribution in [-0.2, 0) is 9.59 Å². The number of carbonyl (C=O) groups excluding carboxylic acids is 2. The maximum Gasteiger partial charge on any atom is 0.239 e. The van der Waals surface area contributed by atoms with E-state index in [2.05, 4.69) is 9.80 Å². The van der Waals surface area contributed by atoms with Gasteiger partial charge in [-0.15, -0.1) is 0 Å². The van der Waals surface area contributed by atoms with Crippen molar-refractivity contribution >= 4 is 11.8 Å². The summed E-state index contributed by atoms with van der Waals surface area (Å²) in [5, 5.41) is 0. The van der Waals surface area contributed by atoms with Gasteiger partial charge in [-0.05, 0) is 58.5 Å². The van der Waals surface area contributed by atoms with Crippen LogP contribution in [0, 0.1) is 5.92 Å². The van der Waals surface area contributed by atoms with Crippen LogP contribution >= 0.6 is 0 Å². The summed E-state index contributed by atoms with van der Waals surface area (Å²) >= 11 is 0. The highest BCUT2D eigenvalue weighted by atomic mass is 16.2. The number of hydrogen-bond donors (Lipinski definition) is 0. The summed E-state index contributed by atoms with van der Waals surface area (Å²) in [4.78, 5) is 31.7. The zero-order valence-corrected chi connectivity index (χ0v) is 15.2. The number of hydrogen-bond acceptors (Lipinski definition) is 3. The van der Waals surface area contributed by atoms with Crippen LogP contribution < -0.4 is 0 Å². The maximum absolute atomic E-state index is 12.8. The largest absolute Gasteiger partial charge is 0.342 e. The Balaban J connectivity index is 1.47. The highest BCUT2D eigenvalue weighted by molar-refractivity contribution is 5.82. The number of piperidine rings is 1. The van der Waals surface area contributed by atoms with E-state index in [9.17, 15) is 9.59 Å². The molecule has 0 radical (unpaired) electrons. The molecule has 24 heavy (non-hydrogen) atoms. The quantitative estimate of drug-likeness (QED) is 0.793. The van der Waals surface area contributed by atoms with Gasteiger partial charge < -0.3 is 9.80 Å². The van der Waals surface area contributed by atoms with E-state index in [1.54, 1.807) is 0 Å². The van der Waals surface area contributed by atoms with Crippen molar-refractivity contribution in [3.05, 3.63) is 0 Å². The standard InChI is InChI=1S/C19H33N3O2/c1-16(18(23)21-12-6-7-13-21)20-14-8-17(9-15-20)19(24)22-10-4-2-3-5-11-22/h16-17H,2-15H2,1H3. The molecule has 3 heterocycles. The Bertz CT molecular complexity index is 432. The van der Waals surface area contributed by atoms with Crippen molar-refractivity contribution in [2.75, 3.05) is 39.3 Å². The smallest absolute Gasteiger partial charge is 0.239 e. The average molecular weight is 335 g/mol. The van der Waals surface area contributed by atoms with Gasteiger partial charge >= 0.3 is 0 Å². The van der Waals surface area contributed by atoms with Crippen LogP contribution in [0.25, 0.3) is 0 Å². The molecule has 3 aliphatic rings. The molecule has 0 aromatic rings. The molecule has 1 atom stereocenters. The minimum Gasteiger partial charge on any atom is -0.342 e. The van der Waals surface area contributed by atoms with Crippen molar-refractivity contribution in [1.29, 1.82) is 0 Å². The third kappa shape index (κ3) is 4.11. The van der Waals surface area contributed by atoms with E-state index >= 15 is 0 Å². The molecule has 0 N–H and O–H groups in total. The third-order valence-electron chi connectivity index (χ3n) is 6.12. The van der Waals surface area contributed by atoms with Gasteiger partial charge in [0, 0.05) is 32.1 Å². The molecular formula is C19H33N3O2. The van der Waals surface area contributed by atoms with Crippen molar-refractivity contribution in [1.82, 2.24) is 14.7 Å². The molecular weight excluding hydrogens is 302 g/mol. The Morgan fingerprint density at radius 2 is 1.25 bits per heavy atom. The number of carbonyl (C=O) groups is 2. The lowest BCUT2D eigenvalue weighted by Gasteiger charge is -2.37. The van der Waals surface area contributed by atoms with Gasteiger partial charge in [0.2, 0.25) is 11.8 Å². The summed E-state index contributed by atoms with van der Waals surface area (Å²) in [6.45, 7) is 7.54. The van der Waals surface area contributed by atoms with Gasteiger partial charge in [0.1, 0.15) is 0 Å². The Morgan fingerprint density at radius 3 is 1.83 bits per heavy atom. The summed E-state index contributed by atoms with van der Waals surface area (Å²) in [7, 11) is 0. The number of rotatable bonds is 3. The molecule has 3 rings (SSSR count). The normalized spacial score (nSPS) is 25.5. The van der Waals surface area contributed by atoms with Crippen LogP contribution in [0.2, 0.25) is 0 Å². The van der Waals surface area contributed by atoms with E-state index in [1.807, 2.05) is 11.8 Å². The van der Waals surface area contributed by atoms with E-state index in [0.29, 0.717) is 5.91 Å². The molecule has 0 spiro atoms. The summed E-state index contributed by atoms with van der Waals surface area (Å²) in [6, 6.07) is -0.0302. The minimum atomic E-state index is -0.0302. The van der Waals surface area contributed by atoms with E-state index in [-0.39, 0.29) is 17.9 Å². The van der Waals surface area contributed by atoms with Crippen molar-refractivity contribution in [2.24, 2.45) is 5.92 Å². The molecule has 3 saturated heterocycles. The van der Waals surface area contributed by atoms with Gasteiger partial charge in [-0.2, -0.15) is 0 Å². The third-order valence-corrected chi connectivity index (χ3v) is 6.12. The Morgan fingerprint density at radius 1 is 0.750 bits per heavy atom. The zero-order chi connectivity index (χ0) is 16.9. The Hall–Kier alpha value is -1.10.